The van der Waals surface area contributed by atoms with Crippen LogP contribution in [0.25, 0.3) is 90.6 Å². The van der Waals surface area contributed by atoms with Crippen molar-refractivity contribution in [3.05, 3.63) is 194 Å². The van der Waals surface area contributed by atoms with Crippen LogP contribution in [0.5, 0.6) is 0 Å². The van der Waals surface area contributed by atoms with Gasteiger partial charge in [-0.05, 0) is 22.3 Å². The van der Waals surface area contributed by atoms with E-state index in [0.29, 0.717) is 34.9 Å². The molecule has 7 aromatic carbocycles. The fraction of sp³-hybridized carbons (Fsp3) is 0. The minimum Gasteiger partial charge on any atom is -0.208 e. The highest BCUT2D eigenvalue weighted by Gasteiger charge is 2.15. The van der Waals surface area contributed by atoms with Gasteiger partial charge in [0.15, 0.2) is 34.9 Å². The molecular weight excluding hydrogens is 661 g/mol. The van der Waals surface area contributed by atoms with Crippen molar-refractivity contribution in [1.29, 1.82) is 0 Å². The van der Waals surface area contributed by atoms with Gasteiger partial charge in [0.25, 0.3) is 0 Å². The summed E-state index contributed by atoms with van der Waals surface area (Å²) in [6.45, 7) is 0. The van der Waals surface area contributed by atoms with Crippen molar-refractivity contribution in [2.45, 2.75) is 0 Å². The van der Waals surface area contributed by atoms with E-state index in [1.165, 1.54) is 0 Å². The molecule has 9 aromatic rings. The molecule has 0 N–H and O–H groups in total. The van der Waals surface area contributed by atoms with Gasteiger partial charge >= 0.3 is 0 Å². The Bertz CT molecular complexity index is 2360. The molecule has 0 aliphatic rings. The van der Waals surface area contributed by atoms with Gasteiger partial charge in [-0.15, -0.1) is 0 Å². The Morgan fingerprint density at radius 3 is 0.593 bits per heavy atom. The fourth-order valence-electron chi connectivity index (χ4n) is 6.46. The molecule has 0 unspecified atom stereocenters. The molecule has 0 aliphatic carbocycles. The Kier molecular flexibility index (Phi) is 8.81. The van der Waals surface area contributed by atoms with Gasteiger partial charge in [0.1, 0.15) is 0 Å². The minimum absolute atomic E-state index is 0.627. The number of rotatable bonds is 8. The molecule has 0 radical (unpaired) electrons. The number of nitrogens with zero attached hydrogens (tertiary/aromatic N) is 6. The second-order valence-corrected chi connectivity index (χ2v) is 12.8. The molecule has 0 spiro atoms. The molecule has 0 saturated heterocycles. The van der Waals surface area contributed by atoms with Gasteiger partial charge in [0.2, 0.25) is 0 Å². The second kappa shape index (κ2) is 14.7. The van der Waals surface area contributed by atoms with Crippen LogP contribution in [-0.2, 0) is 0 Å². The van der Waals surface area contributed by atoms with Gasteiger partial charge in [-0.2, -0.15) is 0 Å². The molecule has 0 aliphatic heterocycles. The maximum Gasteiger partial charge on any atom is 0.164 e. The second-order valence-electron chi connectivity index (χ2n) is 12.8. The van der Waals surface area contributed by atoms with Crippen LogP contribution in [0.2, 0.25) is 0 Å². The van der Waals surface area contributed by atoms with E-state index in [2.05, 4.69) is 72.8 Å². The quantitative estimate of drug-likeness (QED) is 0.158. The Hall–Kier alpha value is -7.44. The average molecular weight is 693 g/mol. The molecular formula is C48H32N6. The zero-order valence-electron chi connectivity index (χ0n) is 29.2. The van der Waals surface area contributed by atoms with Crippen LogP contribution in [0.4, 0.5) is 0 Å². The predicted molar refractivity (Wildman–Crippen MR) is 217 cm³/mol. The van der Waals surface area contributed by atoms with Gasteiger partial charge in [0.05, 0.1) is 0 Å². The fourth-order valence-corrected chi connectivity index (χ4v) is 6.46. The van der Waals surface area contributed by atoms with Crippen molar-refractivity contribution in [3.8, 4) is 90.6 Å². The van der Waals surface area contributed by atoms with Crippen molar-refractivity contribution >= 4 is 0 Å². The number of hydrogen-bond acceptors (Lipinski definition) is 6. The van der Waals surface area contributed by atoms with Crippen LogP contribution in [0, 0.1) is 0 Å². The predicted octanol–water partition coefficient (Wildman–Crippen LogP) is 11.4. The topological polar surface area (TPSA) is 77.3 Å². The molecule has 6 heteroatoms. The van der Waals surface area contributed by atoms with E-state index in [9.17, 15) is 0 Å². The Morgan fingerprint density at radius 1 is 0.167 bits per heavy atom. The van der Waals surface area contributed by atoms with Crippen molar-refractivity contribution in [1.82, 2.24) is 29.9 Å². The summed E-state index contributed by atoms with van der Waals surface area (Å²) in [4.78, 5) is 29.3. The molecule has 6 nitrogen and oxygen atoms in total. The van der Waals surface area contributed by atoms with E-state index in [-0.39, 0.29) is 0 Å². The first-order valence-electron chi connectivity index (χ1n) is 17.8. The molecule has 2 heterocycles. The summed E-state index contributed by atoms with van der Waals surface area (Å²) < 4.78 is 0. The molecule has 54 heavy (non-hydrogen) atoms. The summed E-state index contributed by atoms with van der Waals surface area (Å²) in [5.74, 6) is 3.82. The molecule has 0 fully saturated rings. The summed E-state index contributed by atoms with van der Waals surface area (Å²) in [5.41, 5.74) is 10.0. The first kappa shape index (κ1) is 32.5. The van der Waals surface area contributed by atoms with E-state index in [1.807, 2.05) is 121 Å². The van der Waals surface area contributed by atoms with Gasteiger partial charge in [-0.1, -0.05) is 194 Å². The molecule has 0 bridgehead atoms. The third-order valence-corrected chi connectivity index (χ3v) is 9.23. The lowest BCUT2D eigenvalue weighted by molar-refractivity contribution is 1.07. The highest BCUT2D eigenvalue weighted by Crippen LogP contribution is 2.35. The summed E-state index contributed by atoms with van der Waals surface area (Å²) in [5, 5.41) is 0. The van der Waals surface area contributed by atoms with Crippen LogP contribution >= 0.6 is 0 Å². The summed E-state index contributed by atoms with van der Waals surface area (Å²) in [6.07, 6.45) is 0. The van der Waals surface area contributed by atoms with Crippen LogP contribution in [-0.4, -0.2) is 29.9 Å². The largest absolute Gasteiger partial charge is 0.208 e. The Balaban J connectivity index is 1.04. The molecule has 2 aromatic heterocycles. The van der Waals surface area contributed by atoms with E-state index < -0.39 is 0 Å². The highest BCUT2D eigenvalue weighted by molar-refractivity contribution is 5.85. The number of benzene rings is 7. The molecule has 254 valence electrons. The van der Waals surface area contributed by atoms with Crippen molar-refractivity contribution in [3.63, 3.8) is 0 Å². The van der Waals surface area contributed by atoms with Crippen molar-refractivity contribution in [2.24, 2.45) is 0 Å². The van der Waals surface area contributed by atoms with E-state index in [0.717, 1.165) is 55.6 Å². The molecule has 9 rings (SSSR count). The highest BCUT2D eigenvalue weighted by atomic mass is 15.0. The molecule has 0 amide bonds. The minimum atomic E-state index is 0.627. The van der Waals surface area contributed by atoms with Crippen LogP contribution in [0.15, 0.2) is 194 Å². The van der Waals surface area contributed by atoms with Crippen molar-refractivity contribution in [2.75, 3.05) is 0 Å². The van der Waals surface area contributed by atoms with Crippen LogP contribution in [0.1, 0.15) is 0 Å². The van der Waals surface area contributed by atoms with Crippen LogP contribution < -0.4 is 0 Å². The lowest BCUT2D eigenvalue weighted by atomic mass is 9.93. The Labute approximate surface area is 313 Å². The van der Waals surface area contributed by atoms with Gasteiger partial charge in [-0.25, -0.2) is 29.9 Å². The van der Waals surface area contributed by atoms with E-state index in [1.54, 1.807) is 0 Å². The Morgan fingerprint density at radius 2 is 0.352 bits per heavy atom. The van der Waals surface area contributed by atoms with Crippen LogP contribution in [0.3, 0.4) is 0 Å². The molecule has 0 saturated carbocycles. The lowest BCUT2D eigenvalue weighted by Gasteiger charge is -2.12. The average Bonchev–Trinajstić information content (AvgIpc) is 3.27. The summed E-state index contributed by atoms with van der Waals surface area (Å²) in [6, 6.07) is 65.5. The van der Waals surface area contributed by atoms with Gasteiger partial charge < -0.3 is 0 Å². The smallest absolute Gasteiger partial charge is 0.164 e. The van der Waals surface area contributed by atoms with E-state index in [4.69, 9.17) is 29.9 Å². The number of hydrogen-bond donors (Lipinski definition) is 0. The standard InChI is InChI=1S/C48H32N6/c1-5-15-35(16-6-1)43-49-44(36-17-7-2-8-18-36)52-47(51-43)39-29-25-33(26-30-39)41-23-13-14-24-42(41)34-27-31-40(32-28-34)48-53-45(37-19-9-3-10-20-37)50-46(54-48)38-21-11-4-12-22-38/h1-32H. The zero-order valence-corrected chi connectivity index (χ0v) is 29.2. The summed E-state index contributed by atoms with van der Waals surface area (Å²) >= 11 is 0. The van der Waals surface area contributed by atoms with Gasteiger partial charge in [0, 0.05) is 33.4 Å². The lowest BCUT2D eigenvalue weighted by Crippen LogP contribution is -2.00. The summed E-state index contributed by atoms with van der Waals surface area (Å²) in [7, 11) is 0. The first-order valence-corrected chi connectivity index (χ1v) is 17.8. The monoisotopic (exact) mass is 692 g/mol. The molecule has 0 atom stereocenters. The third-order valence-electron chi connectivity index (χ3n) is 9.23. The number of aromatic nitrogens is 6. The SMILES string of the molecule is c1ccc(-c2nc(-c3ccccc3)nc(-c3ccc(-c4ccccc4-c4ccc(-c5nc(-c6ccccc6)nc(-c6ccccc6)n5)cc4)cc3)n2)cc1. The van der Waals surface area contributed by atoms with Gasteiger partial charge in [-0.3, -0.25) is 0 Å². The normalized spacial score (nSPS) is 11.0. The zero-order chi connectivity index (χ0) is 36.1. The van der Waals surface area contributed by atoms with Crippen molar-refractivity contribution < 1.29 is 0 Å². The van der Waals surface area contributed by atoms with E-state index >= 15 is 0 Å². The maximum atomic E-state index is 4.91. The maximum absolute atomic E-state index is 4.91. The third kappa shape index (κ3) is 6.79. The first-order chi connectivity index (χ1) is 26.7.